The molecule has 0 fully saturated rings. The smallest absolute Gasteiger partial charge is 0.224 e. The van der Waals surface area contributed by atoms with Gasteiger partial charge in [-0.25, -0.2) is 9.38 Å². The molecule has 0 bridgehead atoms. The van der Waals surface area contributed by atoms with E-state index in [1.54, 1.807) is 26.4 Å². The van der Waals surface area contributed by atoms with E-state index in [1.165, 1.54) is 12.1 Å². The van der Waals surface area contributed by atoms with Gasteiger partial charge in [0.25, 0.3) is 0 Å². The molecule has 0 saturated carbocycles. The number of ether oxygens (including phenoxy) is 2. The lowest BCUT2D eigenvalue weighted by molar-refractivity contribution is -0.120. The molecule has 0 spiro atoms. The number of benzene rings is 2. The highest BCUT2D eigenvalue weighted by atomic mass is 127. The molecule has 9 heteroatoms. The molecule has 0 unspecified atom stereocenters. The fraction of sp³-hybridized carbons (Fsp3) is 0.364. The highest BCUT2D eigenvalue weighted by Gasteiger charge is 2.06. The Kier molecular flexibility index (Phi) is 12.3. The highest BCUT2D eigenvalue weighted by molar-refractivity contribution is 14.0. The van der Waals surface area contributed by atoms with Gasteiger partial charge < -0.3 is 25.4 Å². The van der Waals surface area contributed by atoms with Crippen LogP contribution >= 0.6 is 24.0 Å². The van der Waals surface area contributed by atoms with E-state index < -0.39 is 0 Å². The lowest BCUT2D eigenvalue weighted by Gasteiger charge is -2.12. The number of aliphatic imine (C=N–C) groups is 1. The van der Waals surface area contributed by atoms with Gasteiger partial charge in [0, 0.05) is 19.6 Å². The standard InChI is InChI=1S/C22H29FN4O3.HI/c1-4-24-22(27-15-17-7-10-19(29-2)20(13-17)30-3)26-12-11-25-21(28)14-16-5-8-18(23)9-6-16;/h5-10,13H,4,11-12,14-15H2,1-3H3,(H,25,28)(H2,24,26,27);1H. The second kappa shape index (κ2) is 14.4. The average Bonchev–Trinajstić information content (AvgIpc) is 2.76. The number of halogens is 2. The van der Waals surface area contributed by atoms with E-state index in [1.807, 2.05) is 25.1 Å². The van der Waals surface area contributed by atoms with Gasteiger partial charge in [0.15, 0.2) is 17.5 Å². The van der Waals surface area contributed by atoms with Crippen molar-refractivity contribution < 1.29 is 18.7 Å². The lowest BCUT2D eigenvalue weighted by Crippen LogP contribution is -2.41. The number of rotatable bonds is 10. The van der Waals surface area contributed by atoms with Crippen LogP contribution in [0.15, 0.2) is 47.5 Å². The fourth-order valence-corrected chi connectivity index (χ4v) is 2.72. The van der Waals surface area contributed by atoms with Crippen LogP contribution in [0.4, 0.5) is 4.39 Å². The Morgan fingerprint density at radius 3 is 2.23 bits per heavy atom. The topological polar surface area (TPSA) is 84.0 Å². The maximum absolute atomic E-state index is 12.9. The van der Waals surface area contributed by atoms with Crippen molar-refractivity contribution >= 4 is 35.8 Å². The monoisotopic (exact) mass is 544 g/mol. The third-order valence-corrected chi connectivity index (χ3v) is 4.23. The highest BCUT2D eigenvalue weighted by Crippen LogP contribution is 2.27. The van der Waals surface area contributed by atoms with Crippen LogP contribution in [-0.4, -0.2) is 45.7 Å². The summed E-state index contributed by atoms with van der Waals surface area (Å²) in [7, 11) is 3.20. The van der Waals surface area contributed by atoms with Crippen molar-refractivity contribution in [1.29, 1.82) is 0 Å². The summed E-state index contributed by atoms with van der Waals surface area (Å²) in [5.74, 6) is 1.56. The molecule has 2 rings (SSSR count). The minimum absolute atomic E-state index is 0. The summed E-state index contributed by atoms with van der Waals surface area (Å²) in [5.41, 5.74) is 1.75. The molecule has 3 N–H and O–H groups in total. The summed E-state index contributed by atoms with van der Waals surface area (Å²) < 4.78 is 23.5. The first kappa shape index (κ1) is 26.5. The van der Waals surface area contributed by atoms with Crippen molar-refractivity contribution in [1.82, 2.24) is 16.0 Å². The maximum Gasteiger partial charge on any atom is 0.224 e. The van der Waals surface area contributed by atoms with Gasteiger partial charge in [-0.2, -0.15) is 0 Å². The Labute approximate surface area is 199 Å². The number of guanidine groups is 1. The molecule has 0 saturated heterocycles. The molecule has 0 radical (unpaired) electrons. The Hall–Kier alpha value is -2.56. The molecular formula is C22H30FIN4O3. The fourth-order valence-electron chi connectivity index (χ4n) is 2.72. The van der Waals surface area contributed by atoms with Crippen LogP contribution in [0.3, 0.4) is 0 Å². The number of nitrogens with one attached hydrogen (secondary N) is 3. The third kappa shape index (κ3) is 9.41. The third-order valence-electron chi connectivity index (χ3n) is 4.23. The summed E-state index contributed by atoms with van der Waals surface area (Å²) in [6, 6.07) is 11.6. The van der Waals surface area contributed by atoms with Crippen LogP contribution in [0.2, 0.25) is 0 Å². The summed E-state index contributed by atoms with van der Waals surface area (Å²) >= 11 is 0. The lowest BCUT2D eigenvalue weighted by atomic mass is 10.1. The molecule has 7 nitrogen and oxygen atoms in total. The normalized spacial score (nSPS) is 10.6. The Bertz CT molecular complexity index is 847. The van der Waals surface area contributed by atoms with Gasteiger partial charge in [-0.05, 0) is 42.3 Å². The van der Waals surface area contributed by atoms with E-state index in [2.05, 4.69) is 20.9 Å². The van der Waals surface area contributed by atoms with E-state index in [0.29, 0.717) is 43.6 Å². The van der Waals surface area contributed by atoms with E-state index in [0.717, 1.165) is 11.1 Å². The van der Waals surface area contributed by atoms with Crippen molar-refractivity contribution in [3.63, 3.8) is 0 Å². The molecule has 170 valence electrons. The van der Waals surface area contributed by atoms with Gasteiger partial charge in [0.1, 0.15) is 5.82 Å². The van der Waals surface area contributed by atoms with E-state index in [4.69, 9.17) is 9.47 Å². The molecular weight excluding hydrogens is 514 g/mol. The van der Waals surface area contributed by atoms with Crippen LogP contribution in [0, 0.1) is 5.82 Å². The minimum Gasteiger partial charge on any atom is -0.493 e. The number of hydrogen-bond acceptors (Lipinski definition) is 4. The largest absolute Gasteiger partial charge is 0.493 e. The number of methoxy groups -OCH3 is 2. The predicted octanol–water partition coefficient (Wildman–Crippen LogP) is 2.87. The van der Waals surface area contributed by atoms with Crippen molar-refractivity contribution in [3.05, 3.63) is 59.4 Å². The molecule has 31 heavy (non-hydrogen) atoms. The number of hydrogen-bond donors (Lipinski definition) is 3. The Morgan fingerprint density at radius 1 is 0.935 bits per heavy atom. The molecule has 0 aliphatic rings. The molecule has 2 aromatic rings. The van der Waals surface area contributed by atoms with Gasteiger partial charge >= 0.3 is 0 Å². The Morgan fingerprint density at radius 2 is 1.58 bits per heavy atom. The van der Waals surface area contributed by atoms with Gasteiger partial charge in [0.2, 0.25) is 5.91 Å². The summed E-state index contributed by atoms with van der Waals surface area (Å²) in [6.45, 7) is 4.13. The Balaban J connectivity index is 0.00000480. The van der Waals surface area contributed by atoms with Crippen molar-refractivity contribution in [2.45, 2.75) is 19.9 Å². The minimum atomic E-state index is -0.313. The SMILES string of the molecule is CCNC(=NCc1ccc(OC)c(OC)c1)NCCNC(=O)Cc1ccc(F)cc1.I. The summed E-state index contributed by atoms with van der Waals surface area (Å²) in [6.07, 6.45) is 0.216. The van der Waals surface area contributed by atoms with Crippen LogP contribution in [0.25, 0.3) is 0 Å². The average molecular weight is 544 g/mol. The first-order valence-electron chi connectivity index (χ1n) is 9.80. The van der Waals surface area contributed by atoms with E-state index in [-0.39, 0.29) is 42.1 Å². The van der Waals surface area contributed by atoms with Crippen molar-refractivity contribution in [2.75, 3.05) is 33.9 Å². The zero-order valence-corrected chi connectivity index (χ0v) is 20.4. The van der Waals surface area contributed by atoms with Crippen molar-refractivity contribution in [2.24, 2.45) is 4.99 Å². The van der Waals surface area contributed by atoms with Crippen molar-refractivity contribution in [3.8, 4) is 11.5 Å². The van der Waals surface area contributed by atoms with Gasteiger partial charge in [0.05, 0.1) is 27.2 Å². The molecule has 0 aliphatic heterocycles. The first-order chi connectivity index (χ1) is 14.5. The van der Waals surface area contributed by atoms with Crippen LogP contribution in [0.5, 0.6) is 11.5 Å². The maximum atomic E-state index is 12.9. The second-order valence-corrected chi connectivity index (χ2v) is 6.46. The van der Waals surface area contributed by atoms with Crippen LogP contribution in [-0.2, 0) is 17.8 Å². The first-order valence-corrected chi connectivity index (χ1v) is 9.80. The quantitative estimate of drug-likeness (QED) is 0.186. The number of carbonyl (C=O) groups excluding carboxylic acids is 1. The zero-order chi connectivity index (χ0) is 21.8. The number of nitrogens with zero attached hydrogens (tertiary/aromatic N) is 1. The van der Waals surface area contributed by atoms with E-state index in [9.17, 15) is 9.18 Å². The molecule has 0 atom stereocenters. The van der Waals surface area contributed by atoms with Gasteiger partial charge in [-0.15, -0.1) is 24.0 Å². The molecule has 0 aromatic heterocycles. The number of amides is 1. The van der Waals surface area contributed by atoms with Gasteiger partial charge in [-0.1, -0.05) is 18.2 Å². The summed E-state index contributed by atoms with van der Waals surface area (Å²) in [4.78, 5) is 16.5. The second-order valence-electron chi connectivity index (χ2n) is 6.46. The molecule has 2 aromatic carbocycles. The van der Waals surface area contributed by atoms with Gasteiger partial charge in [-0.3, -0.25) is 4.79 Å². The van der Waals surface area contributed by atoms with Crippen LogP contribution in [0.1, 0.15) is 18.1 Å². The van der Waals surface area contributed by atoms with E-state index >= 15 is 0 Å². The molecule has 0 heterocycles. The molecule has 1 amide bonds. The number of carbonyl (C=O) groups is 1. The zero-order valence-electron chi connectivity index (χ0n) is 18.0. The summed E-state index contributed by atoms with van der Waals surface area (Å²) in [5, 5.41) is 9.20. The molecule has 0 aliphatic carbocycles. The predicted molar refractivity (Wildman–Crippen MR) is 131 cm³/mol. The van der Waals surface area contributed by atoms with Crippen LogP contribution < -0.4 is 25.4 Å².